The van der Waals surface area contributed by atoms with Gasteiger partial charge >= 0.3 is 5.97 Å². The van der Waals surface area contributed by atoms with E-state index in [-0.39, 0.29) is 13.2 Å². The van der Waals surface area contributed by atoms with Gasteiger partial charge in [0.05, 0.1) is 19.1 Å². The number of aliphatic carboxylic acids is 1. The first-order valence-electron chi connectivity index (χ1n) is 4.28. The molecule has 0 aromatic rings. The summed E-state index contributed by atoms with van der Waals surface area (Å²) in [5.74, 6) is -1.33. The van der Waals surface area contributed by atoms with Gasteiger partial charge in [0.2, 0.25) is 0 Å². The van der Waals surface area contributed by atoms with E-state index in [1.807, 2.05) is 0 Å². The van der Waals surface area contributed by atoms with E-state index < -0.39 is 11.9 Å². The van der Waals surface area contributed by atoms with Crippen molar-refractivity contribution in [3.8, 4) is 0 Å². The van der Waals surface area contributed by atoms with Crippen LogP contribution in [-0.4, -0.2) is 59.0 Å². The summed E-state index contributed by atoms with van der Waals surface area (Å²) in [6.45, 7) is 2.72. The molecule has 0 aliphatic carbocycles. The van der Waals surface area contributed by atoms with Crippen LogP contribution in [0.3, 0.4) is 0 Å². The van der Waals surface area contributed by atoms with Crippen molar-refractivity contribution in [3.63, 3.8) is 0 Å². The van der Waals surface area contributed by atoms with Gasteiger partial charge in [0, 0.05) is 19.6 Å². The summed E-state index contributed by atoms with van der Waals surface area (Å²) >= 11 is 0. The fourth-order valence-electron chi connectivity index (χ4n) is 1.04. The second-order valence-corrected chi connectivity index (χ2v) is 2.99. The third kappa shape index (κ3) is 5.57. The SMILES string of the molecule is CC(CN(CCO)CCO)C(=O)O. The molecule has 0 radical (unpaired) electrons. The van der Waals surface area contributed by atoms with Crippen LogP contribution in [-0.2, 0) is 4.79 Å². The summed E-state index contributed by atoms with van der Waals surface area (Å²) < 4.78 is 0. The highest BCUT2D eigenvalue weighted by atomic mass is 16.4. The van der Waals surface area contributed by atoms with Crippen molar-refractivity contribution in [2.75, 3.05) is 32.8 Å². The number of carboxylic acid groups (broad SMARTS) is 1. The van der Waals surface area contributed by atoms with E-state index >= 15 is 0 Å². The van der Waals surface area contributed by atoms with Gasteiger partial charge in [0.1, 0.15) is 0 Å². The van der Waals surface area contributed by atoms with E-state index in [0.29, 0.717) is 19.6 Å². The molecule has 0 bridgehead atoms. The van der Waals surface area contributed by atoms with Gasteiger partial charge in [0.25, 0.3) is 0 Å². The Morgan fingerprint density at radius 2 is 1.77 bits per heavy atom. The zero-order valence-electron chi connectivity index (χ0n) is 7.81. The maximum atomic E-state index is 10.5. The molecule has 0 heterocycles. The van der Waals surface area contributed by atoms with Crippen molar-refractivity contribution in [1.82, 2.24) is 4.90 Å². The predicted octanol–water partition coefficient (Wildman–Crippen LogP) is -1.01. The van der Waals surface area contributed by atoms with Crippen LogP contribution in [0.2, 0.25) is 0 Å². The Morgan fingerprint density at radius 1 is 1.31 bits per heavy atom. The molecule has 0 rings (SSSR count). The van der Waals surface area contributed by atoms with Gasteiger partial charge in [-0.3, -0.25) is 9.69 Å². The predicted molar refractivity (Wildman–Crippen MR) is 47.4 cm³/mol. The van der Waals surface area contributed by atoms with Gasteiger partial charge in [-0.05, 0) is 0 Å². The Hall–Kier alpha value is -0.650. The maximum absolute atomic E-state index is 10.5. The van der Waals surface area contributed by atoms with Crippen molar-refractivity contribution >= 4 is 5.97 Å². The highest BCUT2D eigenvalue weighted by Gasteiger charge is 2.14. The smallest absolute Gasteiger partial charge is 0.307 e. The summed E-state index contributed by atoms with van der Waals surface area (Å²) in [5, 5.41) is 25.9. The fraction of sp³-hybridized carbons (Fsp3) is 0.875. The van der Waals surface area contributed by atoms with E-state index in [2.05, 4.69) is 0 Å². The van der Waals surface area contributed by atoms with Crippen LogP contribution in [0.4, 0.5) is 0 Å². The molecular formula is C8H17NO4. The van der Waals surface area contributed by atoms with Crippen molar-refractivity contribution in [3.05, 3.63) is 0 Å². The van der Waals surface area contributed by atoms with Gasteiger partial charge in [-0.1, -0.05) is 6.92 Å². The van der Waals surface area contributed by atoms with Crippen molar-refractivity contribution < 1.29 is 20.1 Å². The Labute approximate surface area is 77.6 Å². The van der Waals surface area contributed by atoms with Crippen LogP contribution in [0.5, 0.6) is 0 Å². The molecule has 5 nitrogen and oxygen atoms in total. The Bertz CT molecular complexity index is 145. The number of hydrogen-bond donors (Lipinski definition) is 3. The molecule has 0 fully saturated rings. The zero-order valence-corrected chi connectivity index (χ0v) is 7.81. The molecule has 0 saturated heterocycles. The molecule has 0 aromatic carbocycles. The second-order valence-electron chi connectivity index (χ2n) is 2.99. The van der Waals surface area contributed by atoms with E-state index in [1.54, 1.807) is 11.8 Å². The summed E-state index contributed by atoms with van der Waals surface area (Å²) in [6, 6.07) is 0. The second kappa shape index (κ2) is 6.82. The minimum atomic E-state index is -0.860. The molecule has 3 N–H and O–H groups in total. The van der Waals surface area contributed by atoms with Crippen LogP contribution >= 0.6 is 0 Å². The molecule has 0 aliphatic rings. The van der Waals surface area contributed by atoms with Crippen molar-refractivity contribution in [2.24, 2.45) is 5.92 Å². The summed E-state index contributed by atoms with van der Waals surface area (Å²) in [4.78, 5) is 12.2. The van der Waals surface area contributed by atoms with Gasteiger partial charge in [-0.2, -0.15) is 0 Å². The van der Waals surface area contributed by atoms with Crippen LogP contribution in [0.15, 0.2) is 0 Å². The number of rotatable bonds is 7. The molecule has 78 valence electrons. The van der Waals surface area contributed by atoms with Crippen LogP contribution in [0.1, 0.15) is 6.92 Å². The monoisotopic (exact) mass is 191 g/mol. The Balaban J connectivity index is 3.85. The van der Waals surface area contributed by atoms with Gasteiger partial charge in [-0.25, -0.2) is 0 Å². The van der Waals surface area contributed by atoms with Gasteiger partial charge < -0.3 is 15.3 Å². The van der Waals surface area contributed by atoms with Crippen molar-refractivity contribution in [1.29, 1.82) is 0 Å². The van der Waals surface area contributed by atoms with E-state index in [4.69, 9.17) is 15.3 Å². The first-order valence-corrected chi connectivity index (χ1v) is 4.28. The molecule has 1 unspecified atom stereocenters. The zero-order chi connectivity index (χ0) is 10.3. The number of carboxylic acids is 1. The number of nitrogens with zero attached hydrogens (tertiary/aromatic N) is 1. The summed E-state index contributed by atoms with van der Waals surface area (Å²) in [7, 11) is 0. The molecular weight excluding hydrogens is 174 g/mol. The lowest BCUT2D eigenvalue weighted by Crippen LogP contribution is -2.35. The third-order valence-corrected chi connectivity index (χ3v) is 1.79. The normalized spacial score (nSPS) is 13.2. The van der Waals surface area contributed by atoms with Crippen LogP contribution in [0, 0.1) is 5.92 Å². The van der Waals surface area contributed by atoms with E-state index in [9.17, 15) is 4.79 Å². The lowest BCUT2D eigenvalue weighted by Gasteiger charge is -2.21. The Morgan fingerprint density at radius 3 is 2.08 bits per heavy atom. The third-order valence-electron chi connectivity index (χ3n) is 1.79. The van der Waals surface area contributed by atoms with Gasteiger partial charge in [-0.15, -0.1) is 0 Å². The first kappa shape index (κ1) is 12.3. The molecule has 0 aliphatic heterocycles. The molecule has 0 spiro atoms. The molecule has 0 aromatic heterocycles. The molecule has 0 amide bonds. The standard InChI is InChI=1S/C8H17NO4/c1-7(8(12)13)6-9(2-4-10)3-5-11/h7,10-11H,2-6H2,1H3,(H,12,13). The first-order chi connectivity index (χ1) is 6.11. The highest BCUT2D eigenvalue weighted by molar-refractivity contribution is 5.69. The minimum absolute atomic E-state index is 0.0215. The van der Waals surface area contributed by atoms with E-state index in [0.717, 1.165) is 0 Å². The van der Waals surface area contributed by atoms with Gasteiger partial charge in [0.15, 0.2) is 0 Å². The highest BCUT2D eigenvalue weighted by Crippen LogP contribution is 1.99. The summed E-state index contributed by atoms with van der Waals surface area (Å²) in [5.41, 5.74) is 0. The number of aliphatic hydroxyl groups is 2. The molecule has 0 saturated carbocycles. The maximum Gasteiger partial charge on any atom is 0.307 e. The Kier molecular flexibility index (Phi) is 6.48. The topological polar surface area (TPSA) is 81.0 Å². The average molecular weight is 191 g/mol. The average Bonchev–Trinajstić information content (AvgIpc) is 2.05. The van der Waals surface area contributed by atoms with Crippen LogP contribution in [0.25, 0.3) is 0 Å². The lowest BCUT2D eigenvalue weighted by atomic mass is 10.2. The van der Waals surface area contributed by atoms with E-state index in [1.165, 1.54) is 0 Å². The lowest BCUT2D eigenvalue weighted by molar-refractivity contribution is -0.141. The number of aliphatic hydroxyl groups excluding tert-OH is 2. The van der Waals surface area contributed by atoms with Crippen LogP contribution < -0.4 is 0 Å². The largest absolute Gasteiger partial charge is 0.481 e. The molecule has 1 atom stereocenters. The molecule has 13 heavy (non-hydrogen) atoms. The molecule has 5 heteroatoms. The fourth-order valence-corrected chi connectivity index (χ4v) is 1.04. The van der Waals surface area contributed by atoms with Crippen molar-refractivity contribution in [2.45, 2.75) is 6.92 Å². The minimum Gasteiger partial charge on any atom is -0.481 e. The quantitative estimate of drug-likeness (QED) is 0.480. The summed E-state index contributed by atoms with van der Waals surface area (Å²) in [6.07, 6.45) is 0. The number of carbonyl (C=O) groups is 1. The number of hydrogen-bond acceptors (Lipinski definition) is 4.